The number of fused-ring (bicyclic) bond motifs is 1. The second-order valence-electron chi connectivity index (χ2n) is 5.95. The monoisotopic (exact) mass is 347 g/mol. The summed E-state index contributed by atoms with van der Waals surface area (Å²) in [6, 6.07) is 5.58. The summed E-state index contributed by atoms with van der Waals surface area (Å²) in [5, 5.41) is 2.80. The number of nitrogens with one attached hydrogen (secondary N) is 2. The van der Waals surface area contributed by atoms with E-state index >= 15 is 0 Å². The summed E-state index contributed by atoms with van der Waals surface area (Å²) >= 11 is 1.24. The van der Waals surface area contributed by atoms with Gasteiger partial charge in [-0.15, -0.1) is 0 Å². The molecule has 0 atom stereocenters. The lowest BCUT2D eigenvalue weighted by atomic mass is 10.1. The number of carbonyl (C=O) groups is 1. The Bertz CT molecular complexity index is 797. The Kier molecular flexibility index (Phi) is 5.01. The maximum absolute atomic E-state index is 11.9. The van der Waals surface area contributed by atoms with E-state index in [4.69, 9.17) is 4.74 Å². The Hall–Kier alpha value is -2.12. The summed E-state index contributed by atoms with van der Waals surface area (Å²) < 4.78 is 5.38. The lowest BCUT2D eigenvalue weighted by molar-refractivity contribution is -0.118. The first kappa shape index (κ1) is 16.7. The highest BCUT2D eigenvalue weighted by atomic mass is 32.1. The fraction of sp³-hybridized carbons (Fsp3) is 0.412. The summed E-state index contributed by atoms with van der Waals surface area (Å²) in [5.41, 5.74) is 2.33. The Labute approximate surface area is 144 Å². The number of H-pyrrole nitrogens is 1. The molecule has 2 heterocycles. The van der Waals surface area contributed by atoms with Crippen molar-refractivity contribution in [2.24, 2.45) is 0 Å². The maximum Gasteiger partial charge on any atom is 0.305 e. The summed E-state index contributed by atoms with van der Waals surface area (Å²) in [6.07, 6.45) is 2.28. The molecule has 0 saturated carbocycles. The molecular weight excluding hydrogens is 326 g/mol. The molecule has 0 bridgehead atoms. The molecule has 0 aliphatic carbocycles. The lowest BCUT2D eigenvalue weighted by Crippen LogP contribution is -2.25. The minimum absolute atomic E-state index is 0.0368. The van der Waals surface area contributed by atoms with Crippen molar-refractivity contribution in [2.45, 2.75) is 26.3 Å². The molecule has 1 aromatic heterocycles. The molecule has 0 saturated heterocycles. The summed E-state index contributed by atoms with van der Waals surface area (Å²) in [6.45, 7) is 3.92. The highest BCUT2D eigenvalue weighted by Gasteiger charge is 2.18. The number of rotatable bonds is 6. The van der Waals surface area contributed by atoms with Crippen LogP contribution in [-0.4, -0.2) is 36.0 Å². The van der Waals surface area contributed by atoms with Crippen molar-refractivity contribution in [1.82, 2.24) is 9.88 Å². The summed E-state index contributed by atoms with van der Waals surface area (Å²) in [7, 11) is 2.06. The zero-order chi connectivity index (χ0) is 17.1. The van der Waals surface area contributed by atoms with Gasteiger partial charge in [0.15, 0.2) is 6.61 Å². The van der Waals surface area contributed by atoms with E-state index in [0.717, 1.165) is 42.1 Å². The zero-order valence-corrected chi connectivity index (χ0v) is 14.7. The molecule has 24 heavy (non-hydrogen) atoms. The van der Waals surface area contributed by atoms with Crippen molar-refractivity contribution in [2.75, 3.05) is 25.5 Å². The third-order valence-corrected chi connectivity index (χ3v) is 4.80. The number of benzene rings is 1. The molecule has 0 unspecified atom stereocenters. The van der Waals surface area contributed by atoms with E-state index in [1.807, 2.05) is 18.2 Å². The fourth-order valence-electron chi connectivity index (χ4n) is 2.70. The highest BCUT2D eigenvalue weighted by Crippen LogP contribution is 2.33. The van der Waals surface area contributed by atoms with Crippen molar-refractivity contribution < 1.29 is 9.53 Å². The van der Waals surface area contributed by atoms with Crippen molar-refractivity contribution in [1.29, 1.82) is 0 Å². The van der Waals surface area contributed by atoms with E-state index in [-0.39, 0.29) is 17.4 Å². The van der Waals surface area contributed by atoms with Crippen molar-refractivity contribution in [3.63, 3.8) is 0 Å². The number of hydrogen-bond donors (Lipinski definition) is 2. The van der Waals surface area contributed by atoms with Gasteiger partial charge in [-0.3, -0.25) is 9.59 Å². The van der Waals surface area contributed by atoms with E-state index < -0.39 is 0 Å². The quantitative estimate of drug-likeness (QED) is 0.842. The second-order valence-corrected chi connectivity index (χ2v) is 7.02. The van der Waals surface area contributed by atoms with Crippen LogP contribution in [0.25, 0.3) is 11.3 Å². The SMILES string of the molecule is CCCCN(C)Cc1sc(=O)[nH]c1-c1ccc2c(c1)NC(=O)CO2. The molecule has 6 nitrogen and oxygen atoms in total. The van der Waals surface area contributed by atoms with Crippen molar-refractivity contribution in [3.05, 3.63) is 32.7 Å². The van der Waals surface area contributed by atoms with Gasteiger partial charge in [0.1, 0.15) is 5.75 Å². The molecule has 1 aromatic carbocycles. The lowest BCUT2D eigenvalue weighted by Gasteiger charge is -2.19. The van der Waals surface area contributed by atoms with Gasteiger partial charge in [-0.1, -0.05) is 24.7 Å². The van der Waals surface area contributed by atoms with Crippen LogP contribution in [0.3, 0.4) is 0 Å². The van der Waals surface area contributed by atoms with Gasteiger partial charge in [0.25, 0.3) is 5.91 Å². The van der Waals surface area contributed by atoms with E-state index in [2.05, 4.69) is 29.2 Å². The van der Waals surface area contributed by atoms with Crippen LogP contribution in [0.2, 0.25) is 0 Å². The van der Waals surface area contributed by atoms with Crippen molar-refractivity contribution >= 4 is 22.9 Å². The van der Waals surface area contributed by atoms with Crippen molar-refractivity contribution in [3.8, 4) is 17.0 Å². The molecule has 3 rings (SSSR count). The molecule has 0 fully saturated rings. The van der Waals surface area contributed by atoms with E-state index in [0.29, 0.717) is 11.4 Å². The van der Waals surface area contributed by atoms with Crippen LogP contribution in [0.15, 0.2) is 23.0 Å². The maximum atomic E-state index is 11.9. The summed E-state index contributed by atoms with van der Waals surface area (Å²) in [5.74, 6) is 0.482. The number of nitrogens with zero attached hydrogens (tertiary/aromatic N) is 1. The third-order valence-electron chi connectivity index (χ3n) is 3.93. The Morgan fingerprint density at radius 3 is 2.96 bits per heavy atom. The van der Waals surface area contributed by atoms with Gasteiger partial charge in [-0.05, 0) is 38.2 Å². The Morgan fingerprint density at radius 2 is 2.17 bits per heavy atom. The molecule has 0 radical (unpaired) electrons. The number of anilines is 1. The Morgan fingerprint density at radius 1 is 1.33 bits per heavy atom. The van der Waals surface area contributed by atoms with Gasteiger partial charge >= 0.3 is 4.87 Å². The fourth-order valence-corrected chi connectivity index (χ4v) is 3.63. The molecule has 1 aliphatic heterocycles. The average molecular weight is 347 g/mol. The Balaban J connectivity index is 1.88. The number of aromatic amines is 1. The number of ether oxygens (including phenoxy) is 1. The van der Waals surface area contributed by atoms with Gasteiger partial charge in [0, 0.05) is 17.0 Å². The van der Waals surface area contributed by atoms with E-state index in [1.54, 1.807) is 0 Å². The van der Waals surface area contributed by atoms with Crippen LogP contribution in [-0.2, 0) is 11.3 Å². The molecule has 1 amide bonds. The van der Waals surface area contributed by atoms with Crippen LogP contribution in [0.4, 0.5) is 5.69 Å². The number of amides is 1. The molecule has 2 aromatic rings. The van der Waals surface area contributed by atoms with Crippen LogP contribution < -0.4 is 14.9 Å². The topological polar surface area (TPSA) is 74.4 Å². The van der Waals surface area contributed by atoms with Gasteiger partial charge in [0.2, 0.25) is 0 Å². The number of unbranched alkanes of at least 4 members (excludes halogenated alkanes) is 1. The largest absolute Gasteiger partial charge is 0.482 e. The van der Waals surface area contributed by atoms with Crippen LogP contribution in [0.5, 0.6) is 5.75 Å². The number of thiazole rings is 1. The first-order valence-corrected chi connectivity index (χ1v) is 8.86. The van der Waals surface area contributed by atoms with Gasteiger partial charge in [-0.2, -0.15) is 0 Å². The van der Waals surface area contributed by atoms with E-state index in [9.17, 15) is 9.59 Å². The minimum atomic E-state index is -0.169. The predicted octanol–water partition coefficient (Wildman–Crippen LogP) is 2.67. The van der Waals surface area contributed by atoms with E-state index in [1.165, 1.54) is 11.3 Å². The van der Waals surface area contributed by atoms with Gasteiger partial charge in [0.05, 0.1) is 11.4 Å². The first-order valence-electron chi connectivity index (χ1n) is 8.04. The zero-order valence-electron chi connectivity index (χ0n) is 13.8. The van der Waals surface area contributed by atoms with Crippen LogP contribution >= 0.6 is 11.3 Å². The van der Waals surface area contributed by atoms with Gasteiger partial charge in [-0.25, -0.2) is 0 Å². The number of hydrogen-bond acceptors (Lipinski definition) is 5. The molecular formula is C17H21N3O3S. The summed E-state index contributed by atoms with van der Waals surface area (Å²) in [4.78, 5) is 29.4. The highest BCUT2D eigenvalue weighted by molar-refractivity contribution is 7.09. The van der Waals surface area contributed by atoms with Crippen LogP contribution in [0, 0.1) is 0 Å². The molecule has 7 heteroatoms. The molecule has 1 aliphatic rings. The molecule has 128 valence electrons. The third kappa shape index (κ3) is 3.68. The van der Waals surface area contributed by atoms with Crippen LogP contribution in [0.1, 0.15) is 24.6 Å². The first-order chi connectivity index (χ1) is 11.6. The molecule has 0 spiro atoms. The minimum Gasteiger partial charge on any atom is -0.482 e. The number of aromatic nitrogens is 1. The average Bonchev–Trinajstić information content (AvgIpc) is 2.92. The standard InChI is InChI=1S/C17H21N3O3S/c1-3-4-7-20(2)9-14-16(19-17(22)24-14)11-5-6-13-12(8-11)18-15(21)10-23-13/h5-6,8H,3-4,7,9-10H2,1-2H3,(H,18,21)(H,19,22). The normalized spacial score (nSPS) is 13.5. The molecule has 2 N–H and O–H groups in total. The second kappa shape index (κ2) is 7.19. The number of carbonyl (C=O) groups excluding carboxylic acids is 1. The predicted molar refractivity (Wildman–Crippen MR) is 95.7 cm³/mol. The smallest absolute Gasteiger partial charge is 0.305 e. The van der Waals surface area contributed by atoms with Gasteiger partial charge < -0.3 is 19.9 Å².